The molecule has 2 aliphatic heterocycles. The molecule has 1 aromatic carbocycles. The van der Waals surface area contributed by atoms with E-state index in [0.717, 1.165) is 6.29 Å². The van der Waals surface area contributed by atoms with Gasteiger partial charge in [-0.15, -0.1) is 0 Å². The van der Waals surface area contributed by atoms with Crippen LogP contribution < -0.4 is 16.1 Å². The highest BCUT2D eigenvalue weighted by Gasteiger charge is 2.39. The van der Waals surface area contributed by atoms with Crippen LogP contribution in [0.2, 0.25) is 0 Å². The molecule has 3 amide bonds. The summed E-state index contributed by atoms with van der Waals surface area (Å²) in [5, 5.41) is 39.5. The molecular weight excluding hydrogens is 684 g/mol. The maximum Gasteiger partial charge on any atom is 0.325 e. The molecule has 9 atom stereocenters. The second-order valence-electron chi connectivity index (χ2n) is 15.2. The number of aromatic hydroxyl groups is 1. The van der Waals surface area contributed by atoms with E-state index in [4.69, 9.17) is 4.74 Å². The summed E-state index contributed by atoms with van der Waals surface area (Å²) >= 11 is 0. The average molecular weight is 745 g/mol. The largest absolute Gasteiger partial charge is 0.508 e. The lowest BCUT2D eigenvalue weighted by atomic mass is 9.83. The molecule has 14 nitrogen and oxygen atoms in total. The van der Waals surface area contributed by atoms with Gasteiger partial charge in [0.1, 0.15) is 42.0 Å². The molecule has 14 heteroatoms. The zero-order valence-corrected chi connectivity index (χ0v) is 31.8. The minimum Gasteiger partial charge on any atom is -0.508 e. The summed E-state index contributed by atoms with van der Waals surface area (Å²) in [6.45, 7) is 8.55. The lowest BCUT2D eigenvalue weighted by molar-refractivity contribution is -0.160. The number of cyclic esters (lactones) is 1. The third-order valence-electron chi connectivity index (χ3n) is 10.5. The van der Waals surface area contributed by atoms with Crippen LogP contribution in [-0.4, -0.2) is 99.1 Å². The first kappa shape index (κ1) is 43.5. The summed E-state index contributed by atoms with van der Waals surface area (Å²) in [6, 6.07) is 3.09. The first-order valence-electron chi connectivity index (χ1n) is 19.1. The highest BCUT2D eigenvalue weighted by Crippen LogP contribution is 2.26. The second-order valence-corrected chi connectivity index (χ2v) is 15.2. The number of phenolic OH excluding ortho intramolecular Hbond substituents is 1. The quantitative estimate of drug-likeness (QED) is 0.160. The third kappa shape index (κ3) is 13.2. The molecule has 53 heavy (non-hydrogen) atoms. The fourth-order valence-corrected chi connectivity index (χ4v) is 7.02. The molecule has 2 bridgehead atoms. The number of aliphatic hydroxyl groups is 2. The van der Waals surface area contributed by atoms with Crippen LogP contribution in [-0.2, 0) is 39.9 Å². The summed E-state index contributed by atoms with van der Waals surface area (Å²) in [5.74, 6) is -5.19. The maximum atomic E-state index is 14.2. The molecule has 2 aliphatic rings. The molecule has 0 aliphatic carbocycles. The van der Waals surface area contributed by atoms with Crippen molar-refractivity contribution < 1.29 is 48.8 Å². The van der Waals surface area contributed by atoms with E-state index < -0.39 is 77.9 Å². The normalized spacial score (nSPS) is 29.5. The van der Waals surface area contributed by atoms with Gasteiger partial charge in [0.2, 0.25) is 11.8 Å². The number of benzene rings is 1. The molecule has 6 N–H and O–H groups in total. The molecule has 0 aromatic heterocycles. The van der Waals surface area contributed by atoms with Crippen molar-refractivity contribution in [2.75, 3.05) is 6.54 Å². The number of hydrogen-bond donors (Lipinski definition) is 6. The number of carbonyl (C=O) groups is 6. The van der Waals surface area contributed by atoms with Gasteiger partial charge in [0.15, 0.2) is 0 Å². The smallest absolute Gasteiger partial charge is 0.325 e. The number of hydrogen-bond acceptors (Lipinski definition) is 11. The zero-order chi connectivity index (χ0) is 39.2. The predicted octanol–water partition coefficient (Wildman–Crippen LogP) is 2.50. The van der Waals surface area contributed by atoms with Crippen molar-refractivity contribution in [3.8, 4) is 5.75 Å². The van der Waals surface area contributed by atoms with Gasteiger partial charge in [0, 0.05) is 31.7 Å². The van der Waals surface area contributed by atoms with Gasteiger partial charge in [-0.2, -0.15) is 0 Å². The molecule has 3 rings (SSSR count). The molecular formula is C39H60N4O10. The number of carbonyl (C=O) groups excluding carboxylic acids is 6. The summed E-state index contributed by atoms with van der Waals surface area (Å²) < 4.78 is 5.96. The van der Waals surface area contributed by atoms with E-state index in [2.05, 4.69) is 16.1 Å². The number of hydrazine groups is 1. The Morgan fingerprint density at radius 2 is 1.72 bits per heavy atom. The first-order chi connectivity index (χ1) is 25.1. The van der Waals surface area contributed by atoms with E-state index in [-0.39, 0.29) is 49.7 Å². The van der Waals surface area contributed by atoms with Gasteiger partial charge in [-0.05, 0) is 75.0 Å². The molecule has 0 radical (unpaired) electrons. The van der Waals surface area contributed by atoms with Crippen LogP contribution in [0.5, 0.6) is 5.75 Å². The topological polar surface area (TPSA) is 212 Å². The Kier molecular flexibility index (Phi) is 17.3. The number of Topliss-reactive ketones (excluding diaryl/α,β-unsaturated/α-hetero) is 1. The second kappa shape index (κ2) is 21.1. The SMILES string of the molecule is CC(=O)CC[C@H]1C(=O)N[C@@H](C(C)C)C(=O)N[C@@H](Cc2cccc(O)c2)C(=O)N2CCC[C@H](N2)C(=O)OC(C(C)CC=O)CCCCC[C@H](O)[C@H](C)[C@H]1O. The molecule has 2 fully saturated rings. The number of nitrogens with zero attached hydrogens (tertiary/aromatic N) is 1. The maximum absolute atomic E-state index is 14.2. The first-order valence-corrected chi connectivity index (χ1v) is 19.1. The highest BCUT2D eigenvalue weighted by atomic mass is 16.5. The summed E-state index contributed by atoms with van der Waals surface area (Å²) in [5.41, 5.74) is 3.55. The molecule has 0 spiro atoms. The number of ether oxygens (including phenoxy) is 1. The van der Waals surface area contributed by atoms with Crippen molar-refractivity contribution in [1.82, 2.24) is 21.1 Å². The number of esters is 1. The van der Waals surface area contributed by atoms with Crippen LogP contribution in [0.15, 0.2) is 24.3 Å². The van der Waals surface area contributed by atoms with Crippen molar-refractivity contribution in [2.45, 2.75) is 142 Å². The van der Waals surface area contributed by atoms with Gasteiger partial charge in [-0.25, -0.2) is 5.43 Å². The summed E-state index contributed by atoms with van der Waals surface area (Å²) in [7, 11) is 0. The van der Waals surface area contributed by atoms with Crippen molar-refractivity contribution in [1.29, 1.82) is 0 Å². The van der Waals surface area contributed by atoms with E-state index in [0.29, 0.717) is 50.5 Å². The molecule has 0 saturated carbocycles. The van der Waals surface area contributed by atoms with E-state index in [1.165, 1.54) is 24.1 Å². The van der Waals surface area contributed by atoms with Crippen molar-refractivity contribution >= 4 is 35.8 Å². The Labute approximate surface area is 312 Å². The lowest BCUT2D eigenvalue weighted by Gasteiger charge is -2.36. The van der Waals surface area contributed by atoms with E-state index in [1.807, 2.05) is 6.92 Å². The van der Waals surface area contributed by atoms with Crippen LogP contribution in [0.3, 0.4) is 0 Å². The summed E-state index contributed by atoms with van der Waals surface area (Å²) in [6.07, 6.45) is 1.70. The monoisotopic (exact) mass is 744 g/mol. The van der Waals surface area contributed by atoms with Crippen molar-refractivity contribution in [3.05, 3.63) is 29.8 Å². The number of nitrogens with one attached hydrogen (secondary N) is 3. The molecule has 1 aromatic rings. The number of aldehydes is 1. The highest BCUT2D eigenvalue weighted by molar-refractivity contribution is 5.93. The predicted molar refractivity (Wildman–Crippen MR) is 196 cm³/mol. The van der Waals surface area contributed by atoms with Crippen LogP contribution in [0.4, 0.5) is 0 Å². The van der Waals surface area contributed by atoms with Gasteiger partial charge in [0.05, 0.1) is 18.1 Å². The number of phenols is 1. The Balaban J connectivity index is 2.00. The Bertz CT molecular complexity index is 1410. The molecule has 296 valence electrons. The minimum atomic E-state index is -1.33. The molecule has 2 saturated heterocycles. The zero-order valence-electron chi connectivity index (χ0n) is 31.8. The number of amides is 3. The van der Waals surface area contributed by atoms with E-state index in [9.17, 15) is 44.1 Å². The molecule has 2 heterocycles. The standard InChI is InChI=1S/C39H60N4O10/c1-23(2)34-37(50)40-31(22-27-11-9-12-28(46)21-27)38(51)43-19-10-13-30(42-43)39(52)53-33(24(3)18-20-44)15-8-6-7-14-32(47)26(5)35(48)29(36(49)41-34)17-16-25(4)45/h9,11-12,20-21,23-24,26,29-35,42,46-48H,6-8,10,13-19,22H2,1-5H3,(H,40,50)(H,41,49)/t24?,26-,29+,30-,31-,32-,33?,34-,35+/m0/s1. The Morgan fingerprint density at radius 3 is 2.38 bits per heavy atom. The Morgan fingerprint density at radius 1 is 1.00 bits per heavy atom. The number of aliphatic hydroxyl groups excluding tert-OH is 2. The fourth-order valence-electron chi connectivity index (χ4n) is 7.02. The molecule has 2 unspecified atom stereocenters. The van der Waals surface area contributed by atoms with Crippen LogP contribution in [0.25, 0.3) is 0 Å². The van der Waals surface area contributed by atoms with Crippen LogP contribution in [0, 0.1) is 23.7 Å². The van der Waals surface area contributed by atoms with Gasteiger partial charge in [-0.3, -0.25) is 24.2 Å². The number of ketones is 1. The van der Waals surface area contributed by atoms with Crippen molar-refractivity contribution in [3.63, 3.8) is 0 Å². The van der Waals surface area contributed by atoms with E-state index in [1.54, 1.807) is 32.9 Å². The van der Waals surface area contributed by atoms with Crippen molar-refractivity contribution in [2.24, 2.45) is 23.7 Å². The van der Waals surface area contributed by atoms with Gasteiger partial charge < -0.3 is 40.3 Å². The lowest BCUT2D eigenvalue weighted by Crippen LogP contribution is -2.62. The van der Waals surface area contributed by atoms with Crippen LogP contribution >= 0.6 is 0 Å². The summed E-state index contributed by atoms with van der Waals surface area (Å²) in [4.78, 5) is 78.9. The van der Waals surface area contributed by atoms with E-state index >= 15 is 0 Å². The van der Waals surface area contributed by atoms with Gasteiger partial charge >= 0.3 is 5.97 Å². The average Bonchev–Trinajstić information content (AvgIpc) is 3.11. The van der Waals surface area contributed by atoms with Gasteiger partial charge in [-0.1, -0.05) is 52.7 Å². The fraction of sp³-hybridized carbons (Fsp3) is 0.692. The van der Waals surface area contributed by atoms with Gasteiger partial charge in [0.25, 0.3) is 5.91 Å². The number of rotatable bonds is 9. The van der Waals surface area contributed by atoms with Crippen LogP contribution in [0.1, 0.15) is 104 Å². The number of fused-ring (bicyclic) bond motifs is 2. The minimum absolute atomic E-state index is 0.00527. The Hall–Kier alpha value is -3.88. The third-order valence-corrected chi connectivity index (χ3v) is 10.5.